The summed E-state index contributed by atoms with van der Waals surface area (Å²) < 4.78 is 0. The minimum atomic E-state index is 0.0554. The highest BCUT2D eigenvalue weighted by atomic mass is 32.2. The van der Waals surface area contributed by atoms with E-state index in [1.165, 1.54) is 12.8 Å². The van der Waals surface area contributed by atoms with E-state index in [2.05, 4.69) is 32.5 Å². The maximum atomic E-state index is 12.6. The summed E-state index contributed by atoms with van der Waals surface area (Å²) in [6, 6.07) is 12.1. The summed E-state index contributed by atoms with van der Waals surface area (Å²) >= 11 is 1.65. The Morgan fingerprint density at radius 2 is 1.85 bits per heavy atom. The van der Waals surface area contributed by atoms with Crippen molar-refractivity contribution in [2.45, 2.75) is 36.5 Å². The molecule has 136 valence electrons. The van der Waals surface area contributed by atoms with Crippen molar-refractivity contribution < 1.29 is 4.79 Å². The van der Waals surface area contributed by atoms with Gasteiger partial charge < -0.3 is 10.2 Å². The number of benzene rings is 1. The second-order valence-electron chi connectivity index (χ2n) is 7.04. The predicted molar refractivity (Wildman–Crippen MR) is 106 cm³/mol. The van der Waals surface area contributed by atoms with Crippen molar-refractivity contribution in [3.63, 3.8) is 0 Å². The van der Waals surface area contributed by atoms with Gasteiger partial charge in [-0.05, 0) is 56.2 Å². The molecule has 1 aromatic carbocycles. The molecule has 26 heavy (non-hydrogen) atoms. The molecule has 1 N–H and O–H groups in total. The molecule has 2 aromatic rings. The zero-order valence-electron chi connectivity index (χ0n) is 15.0. The molecule has 1 aromatic heterocycles. The van der Waals surface area contributed by atoms with E-state index < -0.39 is 0 Å². The van der Waals surface area contributed by atoms with Gasteiger partial charge in [-0.3, -0.25) is 4.79 Å². The average Bonchev–Trinajstić information content (AvgIpc) is 3.54. The number of thioether (sulfide) groups is 1. The molecule has 0 bridgehead atoms. The number of nitrogens with zero attached hydrogens (tertiary/aromatic N) is 3. The van der Waals surface area contributed by atoms with Gasteiger partial charge >= 0.3 is 0 Å². The molecule has 0 radical (unpaired) electrons. The molecule has 1 saturated carbocycles. The molecule has 1 aliphatic heterocycles. The normalized spacial score (nSPS) is 18.0. The van der Waals surface area contributed by atoms with Crippen LogP contribution in [-0.2, 0) is 4.79 Å². The molecule has 1 saturated heterocycles. The maximum Gasteiger partial charge on any atom is 0.227 e. The van der Waals surface area contributed by atoms with E-state index in [0.29, 0.717) is 5.92 Å². The number of carbonyl (C=O) groups excluding carboxylic acids is 1. The molecule has 0 spiro atoms. The van der Waals surface area contributed by atoms with E-state index in [9.17, 15) is 4.79 Å². The van der Waals surface area contributed by atoms with Crippen LogP contribution in [0.4, 0.5) is 11.5 Å². The molecule has 2 fully saturated rings. The van der Waals surface area contributed by atoms with Crippen molar-refractivity contribution in [2.24, 2.45) is 5.92 Å². The number of amides is 1. The van der Waals surface area contributed by atoms with Crippen molar-refractivity contribution in [3.05, 3.63) is 42.1 Å². The Hall–Kier alpha value is -2.08. The summed E-state index contributed by atoms with van der Waals surface area (Å²) in [6.45, 7) is 1.69. The highest BCUT2D eigenvalue weighted by Crippen LogP contribution is 2.38. The average molecular weight is 369 g/mol. The van der Waals surface area contributed by atoms with Gasteiger partial charge in [0.25, 0.3) is 0 Å². The lowest BCUT2D eigenvalue weighted by molar-refractivity contribution is -0.120. The third kappa shape index (κ3) is 3.85. The van der Waals surface area contributed by atoms with E-state index in [0.717, 1.165) is 48.0 Å². The lowest BCUT2D eigenvalue weighted by Crippen LogP contribution is -2.38. The molecule has 2 heterocycles. The Labute approximate surface area is 158 Å². The minimum absolute atomic E-state index is 0.0554. The first kappa shape index (κ1) is 17.3. The predicted octanol–water partition coefficient (Wildman–Crippen LogP) is 3.93. The molecule has 5 nitrogen and oxygen atoms in total. The number of carbonyl (C=O) groups is 1. The summed E-state index contributed by atoms with van der Waals surface area (Å²) in [5.74, 6) is 1.75. The number of hydrogen-bond donors (Lipinski definition) is 1. The number of aromatic nitrogens is 2. The fraction of sp³-hybridized carbons (Fsp3) is 0.450. The van der Waals surface area contributed by atoms with Crippen LogP contribution in [0.2, 0.25) is 0 Å². The summed E-state index contributed by atoms with van der Waals surface area (Å²) in [4.78, 5) is 16.0. The van der Waals surface area contributed by atoms with Gasteiger partial charge in [-0.25, -0.2) is 0 Å². The Kier molecular flexibility index (Phi) is 5.11. The van der Waals surface area contributed by atoms with Gasteiger partial charge in [-0.15, -0.1) is 16.9 Å². The SMILES string of the molecule is CSc1ccccc1NC(=O)C1CCN(c2ccc(C3CC3)nn2)CC1. The molecule has 1 aliphatic carbocycles. The van der Waals surface area contributed by atoms with Gasteiger partial charge in [-0.2, -0.15) is 5.10 Å². The van der Waals surface area contributed by atoms with E-state index >= 15 is 0 Å². The molecular formula is C20H24N4OS. The second kappa shape index (κ2) is 7.66. The van der Waals surface area contributed by atoms with E-state index in [1.807, 2.05) is 30.5 Å². The molecule has 0 unspecified atom stereocenters. The van der Waals surface area contributed by atoms with Crippen LogP contribution in [0, 0.1) is 5.92 Å². The van der Waals surface area contributed by atoms with Crippen LogP contribution >= 0.6 is 11.8 Å². The van der Waals surface area contributed by atoms with E-state index in [-0.39, 0.29) is 11.8 Å². The first-order valence-electron chi connectivity index (χ1n) is 9.27. The standard InChI is InChI=1S/C20H24N4OS/c1-26-18-5-3-2-4-17(18)21-20(25)15-10-12-24(13-11-15)19-9-8-16(22-23-19)14-6-7-14/h2-5,8-9,14-15H,6-7,10-13H2,1H3,(H,21,25). The van der Waals surface area contributed by atoms with Gasteiger partial charge in [0.2, 0.25) is 5.91 Å². The van der Waals surface area contributed by atoms with Crippen LogP contribution < -0.4 is 10.2 Å². The number of anilines is 2. The van der Waals surface area contributed by atoms with Gasteiger partial charge in [-0.1, -0.05) is 12.1 Å². The first-order chi connectivity index (χ1) is 12.7. The summed E-state index contributed by atoms with van der Waals surface area (Å²) in [5, 5.41) is 11.9. The third-order valence-corrected chi connectivity index (χ3v) is 6.02. The Morgan fingerprint density at radius 1 is 1.08 bits per heavy atom. The van der Waals surface area contributed by atoms with Crippen LogP contribution in [0.5, 0.6) is 0 Å². The Balaban J connectivity index is 1.33. The number of hydrogen-bond acceptors (Lipinski definition) is 5. The van der Waals surface area contributed by atoms with Crippen molar-refractivity contribution in [1.82, 2.24) is 10.2 Å². The van der Waals surface area contributed by atoms with Gasteiger partial charge in [0.15, 0.2) is 5.82 Å². The van der Waals surface area contributed by atoms with Crippen LogP contribution in [0.25, 0.3) is 0 Å². The number of rotatable bonds is 5. The van der Waals surface area contributed by atoms with Crippen molar-refractivity contribution in [2.75, 3.05) is 29.6 Å². The van der Waals surface area contributed by atoms with Crippen LogP contribution in [-0.4, -0.2) is 35.4 Å². The monoisotopic (exact) mass is 368 g/mol. The van der Waals surface area contributed by atoms with E-state index in [4.69, 9.17) is 0 Å². The lowest BCUT2D eigenvalue weighted by atomic mass is 9.96. The number of para-hydroxylation sites is 1. The first-order valence-corrected chi connectivity index (χ1v) is 10.5. The van der Waals surface area contributed by atoms with Crippen LogP contribution in [0.1, 0.15) is 37.3 Å². The molecule has 1 amide bonds. The number of piperidine rings is 1. The Bertz CT molecular complexity index is 768. The zero-order valence-corrected chi connectivity index (χ0v) is 15.8. The van der Waals surface area contributed by atoms with Crippen molar-refractivity contribution >= 4 is 29.2 Å². The molecule has 6 heteroatoms. The van der Waals surface area contributed by atoms with Crippen molar-refractivity contribution in [3.8, 4) is 0 Å². The lowest BCUT2D eigenvalue weighted by Gasteiger charge is -2.32. The van der Waals surface area contributed by atoms with Gasteiger partial charge in [0, 0.05) is 29.8 Å². The highest BCUT2D eigenvalue weighted by Gasteiger charge is 2.28. The second-order valence-corrected chi connectivity index (χ2v) is 7.89. The minimum Gasteiger partial charge on any atom is -0.355 e. The number of nitrogens with one attached hydrogen (secondary N) is 1. The highest BCUT2D eigenvalue weighted by molar-refractivity contribution is 7.98. The summed E-state index contributed by atoms with van der Waals surface area (Å²) in [5.41, 5.74) is 2.03. The van der Waals surface area contributed by atoms with E-state index in [1.54, 1.807) is 11.8 Å². The third-order valence-electron chi connectivity index (χ3n) is 5.22. The quantitative estimate of drug-likeness (QED) is 0.811. The fourth-order valence-corrected chi connectivity index (χ4v) is 4.01. The van der Waals surface area contributed by atoms with Crippen molar-refractivity contribution in [1.29, 1.82) is 0 Å². The molecule has 2 aliphatic rings. The summed E-state index contributed by atoms with van der Waals surface area (Å²) in [7, 11) is 0. The zero-order chi connectivity index (χ0) is 17.9. The largest absolute Gasteiger partial charge is 0.355 e. The van der Waals surface area contributed by atoms with Crippen LogP contribution in [0.15, 0.2) is 41.3 Å². The maximum absolute atomic E-state index is 12.6. The molecule has 0 atom stereocenters. The molecular weight excluding hydrogens is 344 g/mol. The van der Waals surface area contributed by atoms with Gasteiger partial charge in [0.1, 0.15) is 0 Å². The smallest absolute Gasteiger partial charge is 0.227 e. The van der Waals surface area contributed by atoms with Gasteiger partial charge in [0.05, 0.1) is 11.4 Å². The molecule has 4 rings (SSSR count). The van der Waals surface area contributed by atoms with Crippen LogP contribution in [0.3, 0.4) is 0 Å². The fourth-order valence-electron chi connectivity index (χ4n) is 3.45. The topological polar surface area (TPSA) is 58.1 Å². The summed E-state index contributed by atoms with van der Waals surface area (Å²) in [6.07, 6.45) is 6.21. The Morgan fingerprint density at radius 3 is 2.50 bits per heavy atom.